The Morgan fingerprint density at radius 1 is 1.24 bits per heavy atom. The molecule has 1 aromatic carbocycles. The van der Waals surface area contributed by atoms with E-state index >= 15 is 0 Å². The van der Waals surface area contributed by atoms with Crippen LogP contribution in [0.3, 0.4) is 0 Å². The van der Waals surface area contributed by atoms with Crippen molar-refractivity contribution in [2.45, 2.75) is 19.5 Å². The highest BCUT2D eigenvalue weighted by Gasteiger charge is 2.37. The molecule has 2 aromatic rings. The van der Waals surface area contributed by atoms with Crippen molar-refractivity contribution < 1.29 is 27.9 Å². The van der Waals surface area contributed by atoms with Gasteiger partial charge >= 0.3 is 6.18 Å². The molecule has 1 heterocycles. The van der Waals surface area contributed by atoms with Gasteiger partial charge in [0.05, 0.1) is 16.9 Å². The third-order valence-electron chi connectivity index (χ3n) is 3.23. The Bertz CT molecular complexity index is 815. The van der Waals surface area contributed by atoms with Gasteiger partial charge in [0.2, 0.25) is 0 Å². The van der Waals surface area contributed by atoms with Gasteiger partial charge in [-0.25, -0.2) is 5.43 Å². The molecule has 1 aromatic heterocycles. The number of benzene rings is 1. The van der Waals surface area contributed by atoms with Crippen LogP contribution in [0.4, 0.5) is 13.2 Å². The number of nitrogens with zero attached hydrogens (tertiary/aromatic N) is 1. The Kier molecular flexibility index (Phi) is 5.58. The molecule has 0 aliphatic carbocycles. The highest BCUT2D eigenvalue weighted by Crippen LogP contribution is 2.23. The lowest BCUT2D eigenvalue weighted by Gasteiger charge is -2.10. The second-order valence-corrected chi connectivity index (χ2v) is 5.99. The molecular weight excluding hydrogens is 357 g/mol. The van der Waals surface area contributed by atoms with Crippen molar-refractivity contribution in [3.63, 3.8) is 0 Å². The van der Waals surface area contributed by atoms with Gasteiger partial charge in [0.1, 0.15) is 11.5 Å². The first-order valence-corrected chi connectivity index (χ1v) is 7.87. The highest BCUT2D eigenvalue weighted by molar-refractivity contribution is 7.12. The number of hydrogen-bond acceptors (Lipinski definition) is 5. The molecule has 0 spiro atoms. The van der Waals surface area contributed by atoms with Gasteiger partial charge in [0, 0.05) is 0 Å². The first-order chi connectivity index (χ1) is 11.7. The van der Waals surface area contributed by atoms with Crippen molar-refractivity contribution in [2.75, 3.05) is 0 Å². The lowest BCUT2D eigenvalue weighted by molar-refractivity contribution is -0.0605. The number of aromatic hydroxyl groups is 1. The van der Waals surface area contributed by atoms with Gasteiger partial charge in [-0.1, -0.05) is 18.2 Å². The van der Waals surface area contributed by atoms with Crippen LogP contribution in [0.15, 0.2) is 40.8 Å². The lowest BCUT2D eigenvalue weighted by Crippen LogP contribution is -2.30. The summed E-state index contributed by atoms with van der Waals surface area (Å²) in [5.41, 5.74) is 0.496. The largest absolute Gasteiger partial charge is 0.507 e. The molecule has 0 radical (unpaired) electrons. The number of para-hydroxylation sites is 1. The van der Waals surface area contributed by atoms with Crippen LogP contribution in [0.2, 0.25) is 0 Å². The predicted molar refractivity (Wildman–Crippen MR) is 87.1 cm³/mol. The van der Waals surface area contributed by atoms with Crippen LogP contribution in [0, 0.1) is 6.92 Å². The van der Waals surface area contributed by atoms with Crippen LogP contribution in [0.1, 0.15) is 32.0 Å². The summed E-state index contributed by atoms with van der Waals surface area (Å²) in [6, 6.07) is 7.21. The van der Waals surface area contributed by atoms with Gasteiger partial charge in [-0.3, -0.25) is 9.59 Å². The Labute approximate surface area is 144 Å². The van der Waals surface area contributed by atoms with E-state index in [-0.39, 0.29) is 16.2 Å². The fraction of sp³-hybridized carbons (Fsp3) is 0.188. The molecule has 0 saturated carbocycles. The third-order valence-corrected chi connectivity index (χ3v) is 4.14. The van der Waals surface area contributed by atoms with Crippen LogP contribution in [0.5, 0.6) is 5.75 Å². The zero-order valence-corrected chi connectivity index (χ0v) is 13.7. The van der Waals surface area contributed by atoms with Gasteiger partial charge in [0.15, 0.2) is 5.78 Å². The second-order valence-electron chi connectivity index (χ2n) is 5.05. The number of aryl methyl sites for hydroxylation is 1. The summed E-state index contributed by atoms with van der Waals surface area (Å²) in [5.74, 6) is -2.11. The minimum absolute atomic E-state index is 0.166. The number of phenolic OH excluding ortho intramolecular Hbond substituents is 1. The number of Topliss-reactive ketones (excluding diaryl/α,β-unsaturated/α-hetero) is 1. The number of alkyl halides is 3. The predicted octanol–water partition coefficient (Wildman–Crippen LogP) is 3.68. The van der Waals surface area contributed by atoms with Crippen LogP contribution >= 0.6 is 11.3 Å². The van der Waals surface area contributed by atoms with Gasteiger partial charge in [-0.05, 0) is 30.0 Å². The first-order valence-electron chi connectivity index (χ1n) is 6.99. The first kappa shape index (κ1) is 18.7. The van der Waals surface area contributed by atoms with Gasteiger partial charge < -0.3 is 5.11 Å². The Morgan fingerprint density at radius 3 is 2.56 bits per heavy atom. The lowest BCUT2D eigenvalue weighted by atomic mass is 10.1. The number of hydrogen-bond donors (Lipinski definition) is 2. The molecule has 0 fully saturated rings. The van der Waals surface area contributed by atoms with Crippen molar-refractivity contribution in [2.24, 2.45) is 5.10 Å². The number of amides is 1. The van der Waals surface area contributed by atoms with Crippen molar-refractivity contribution in [3.05, 3.63) is 51.7 Å². The molecule has 2 rings (SSSR count). The number of rotatable bonds is 5. The minimum atomic E-state index is -4.88. The van der Waals surface area contributed by atoms with Crippen molar-refractivity contribution in [3.8, 4) is 5.75 Å². The number of hydrazone groups is 1. The summed E-state index contributed by atoms with van der Waals surface area (Å²) in [6.07, 6.45) is -5.88. The maximum atomic E-state index is 13.0. The zero-order valence-electron chi connectivity index (χ0n) is 12.9. The van der Waals surface area contributed by atoms with E-state index in [0.717, 1.165) is 11.3 Å². The number of carbonyl (C=O) groups excluding carboxylic acids is 2. The smallest absolute Gasteiger partial charge is 0.431 e. The van der Waals surface area contributed by atoms with Crippen molar-refractivity contribution >= 4 is 28.7 Å². The average Bonchev–Trinajstić information content (AvgIpc) is 3.07. The molecule has 0 aliphatic heterocycles. The molecular formula is C16H13F3N2O3S. The standard InChI is InChI=1S/C16H13F3N2O3S/c1-9-4-2-5-10(14(9)23)15(24)21-20-13(16(17,18)19)8-11(22)12-6-3-7-25-12/h2-7,23H,8H2,1H3,(H,21,24). The highest BCUT2D eigenvalue weighted by atomic mass is 32.1. The van der Waals surface area contributed by atoms with Crippen molar-refractivity contribution in [1.29, 1.82) is 0 Å². The molecule has 1 amide bonds. The monoisotopic (exact) mass is 370 g/mol. The molecule has 2 N–H and O–H groups in total. The molecule has 0 atom stereocenters. The number of thiophene rings is 1. The molecule has 5 nitrogen and oxygen atoms in total. The fourth-order valence-electron chi connectivity index (χ4n) is 1.90. The normalized spacial score (nSPS) is 12.1. The summed E-state index contributed by atoms with van der Waals surface area (Å²) >= 11 is 1.02. The summed E-state index contributed by atoms with van der Waals surface area (Å²) in [6.45, 7) is 1.54. The Hall–Kier alpha value is -2.68. The summed E-state index contributed by atoms with van der Waals surface area (Å²) in [4.78, 5) is 24.0. The van der Waals surface area contributed by atoms with E-state index in [2.05, 4.69) is 5.10 Å². The maximum absolute atomic E-state index is 13.0. The van der Waals surface area contributed by atoms with E-state index in [0.29, 0.717) is 5.56 Å². The zero-order chi connectivity index (χ0) is 18.6. The molecule has 25 heavy (non-hydrogen) atoms. The Balaban J connectivity index is 2.19. The fourth-order valence-corrected chi connectivity index (χ4v) is 2.56. The van der Waals surface area contributed by atoms with E-state index in [1.165, 1.54) is 31.2 Å². The van der Waals surface area contributed by atoms with Gasteiger partial charge in [0.25, 0.3) is 5.91 Å². The topological polar surface area (TPSA) is 78.8 Å². The number of ketones is 1. The summed E-state index contributed by atoms with van der Waals surface area (Å²) < 4.78 is 39.1. The maximum Gasteiger partial charge on any atom is 0.431 e. The molecule has 0 bridgehead atoms. The van der Waals surface area contributed by atoms with E-state index in [1.807, 2.05) is 0 Å². The molecule has 0 unspecified atom stereocenters. The number of carbonyl (C=O) groups is 2. The van der Waals surface area contributed by atoms with E-state index < -0.39 is 30.0 Å². The summed E-state index contributed by atoms with van der Waals surface area (Å²) in [5, 5.41) is 14.4. The van der Waals surface area contributed by atoms with Gasteiger partial charge in [-0.2, -0.15) is 18.3 Å². The quantitative estimate of drug-likeness (QED) is 0.479. The van der Waals surface area contributed by atoms with Crippen molar-refractivity contribution in [1.82, 2.24) is 5.43 Å². The number of halogens is 3. The SMILES string of the molecule is Cc1cccc(C(=O)NN=C(CC(=O)c2cccs2)C(F)(F)F)c1O. The third kappa shape index (κ3) is 4.66. The van der Waals surface area contributed by atoms with Crippen LogP contribution < -0.4 is 5.43 Å². The van der Waals surface area contributed by atoms with E-state index in [9.17, 15) is 27.9 Å². The summed E-state index contributed by atoms with van der Waals surface area (Å²) in [7, 11) is 0. The molecule has 0 aliphatic rings. The molecule has 132 valence electrons. The van der Waals surface area contributed by atoms with Crippen LogP contribution in [-0.4, -0.2) is 28.7 Å². The minimum Gasteiger partial charge on any atom is -0.507 e. The Morgan fingerprint density at radius 2 is 1.96 bits per heavy atom. The van der Waals surface area contributed by atoms with Crippen LogP contribution in [-0.2, 0) is 0 Å². The van der Waals surface area contributed by atoms with Gasteiger partial charge in [-0.15, -0.1) is 11.3 Å². The molecule has 0 saturated heterocycles. The number of nitrogens with one attached hydrogen (secondary N) is 1. The number of phenols is 1. The van der Waals surface area contributed by atoms with Crippen LogP contribution in [0.25, 0.3) is 0 Å². The average molecular weight is 370 g/mol. The second kappa shape index (κ2) is 7.47. The van der Waals surface area contributed by atoms with E-state index in [4.69, 9.17) is 0 Å². The van der Waals surface area contributed by atoms with E-state index in [1.54, 1.807) is 16.9 Å². The molecule has 9 heteroatoms.